The van der Waals surface area contributed by atoms with Gasteiger partial charge in [-0.1, -0.05) is 5.16 Å². The standard InChI is InChI=1S/C14H14FN3O/c1-9-13(10(2)19-18-9)5-6-17-14-4-3-12(15)7-11(14)8-16/h3-4,7,17H,5-6H2,1-2H3. The van der Waals surface area contributed by atoms with E-state index in [1.54, 1.807) is 6.07 Å². The highest BCUT2D eigenvalue weighted by Gasteiger charge is 2.09. The fraction of sp³-hybridized carbons (Fsp3) is 0.286. The van der Waals surface area contributed by atoms with E-state index in [1.165, 1.54) is 12.1 Å². The van der Waals surface area contributed by atoms with Crippen molar-refractivity contribution in [3.8, 4) is 6.07 Å². The summed E-state index contributed by atoms with van der Waals surface area (Å²) in [6, 6.07) is 6.09. The van der Waals surface area contributed by atoms with Crippen LogP contribution in [0.25, 0.3) is 0 Å². The summed E-state index contributed by atoms with van der Waals surface area (Å²) in [6.07, 6.45) is 0.739. The van der Waals surface area contributed by atoms with E-state index in [2.05, 4.69) is 10.5 Å². The number of benzene rings is 1. The normalized spacial score (nSPS) is 10.2. The van der Waals surface area contributed by atoms with Crippen molar-refractivity contribution in [3.63, 3.8) is 0 Å². The summed E-state index contributed by atoms with van der Waals surface area (Å²) in [5, 5.41) is 15.9. The molecule has 0 atom stereocenters. The summed E-state index contributed by atoms with van der Waals surface area (Å²) in [5.41, 5.74) is 2.88. The average Bonchev–Trinajstić information content (AvgIpc) is 2.71. The SMILES string of the molecule is Cc1noc(C)c1CCNc1ccc(F)cc1C#N. The Kier molecular flexibility index (Phi) is 3.81. The summed E-state index contributed by atoms with van der Waals surface area (Å²) >= 11 is 0. The second kappa shape index (κ2) is 5.53. The third-order valence-electron chi connectivity index (χ3n) is 2.97. The first kappa shape index (κ1) is 13.1. The van der Waals surface area contributed by atoms with Crippen LogP contribution < -0.4 is 5.32 Å². The van der Waals surface area contributed by atoms with Crippen LogP contribution in [0, 0.1) is 31.0 Å². The van der Waals surface area contributed by atoms with Crippen LogP contribution in [0.1, 0.15) is 22.6 Å². The molecule has 0 aliphatic carbocycles. The minimum Gasteiger partial charge on any atom is -0.384 e. The smallest absolute Gasteiger partial charge is 0.137 e. The number of halogens is 1. The van der Waals surface area contributed by atoms with E-state index in [0.717, 1.165) is 23.4 Å². The van der Waals surface area contributed by atoms with Gasteiger partial charge < -0.3 is 9.84 Å². The third kappa shape index (κ3) is 2.91. The van der Waals surface area contributed by atoms with Crippen molar-refractivity contribution >= 4 is 5.69 Å². The van der Waals surface area contributed by atoms with Gasteiger partial charge in [-0.05, 0) is 38.5 Å². The molecule has 0 fully saturated rings. The second-order valence-electron chi connectivity index (χ2n) is 4.28. The molecule has 0 amide bonds. The number of hydrogen-bond donors (Lipinski definition) is 1. The zero-order valence-corrected chi connectivity index (χ0v) is 10.8. The first-order valence-electron chi connectivity index (χ1n) is 5.97. The summed E-state index contributed by atoms with van der Waals surface area (Å²) < 4.78 is 18.1. The largest absolute Gasteiger partial charge is 0.384 e. The molecular formula is C14H14FN3O. The number of nitrogens with zero attached hydrogens (tertiary/aromatic N) is 2. The van der Waals surface area contributed by atoms with Gasteiger partial charge >= 0.3 is 0 Å². The van der Waals surface area contributed by atoms with Crippen molar-refractivity contribution in [3.05, 3.63) is 46.6 Å². The van der Waals surface area contributed by atoms with E-state index in [4.69, 9.17) is 9.78 Å². The lowest BCUT2D eigenvalue weighted by molar-refractivity contribution is 0.392. The third-order valence-corrected chi connectivity index (χ3v) is 2.97. The van der Waals surface area contributed by atoms with Crippen LogP contribution in [0.15, 0.2) is 22.7 Å². The van der Waals surface area contributed by atoms with E-state index < -0.39 is 5.82 Å². The highest BCUT2D eigenvalue weighted by Crippen LogP contribution is 2.17. The van der Waals surface area contributed by atoms with Crippen molar-refractivity contribution in [2.75, 3.05) is 11.9 Å². The minimum absolute atomic E-state index is 0.304. The Morgan fingerprint density at radius 1 is 1.42 bits per heavy atom. The summed E-state index contributed by atoms with van der Waals surface area (Å²) in [7, 11) is 0. The predicted octanol–water partition coefficient (Wildman–Crippen LogP) is 2.96. The van der Waals surface area contributed by atoms with Gasteiger partial charge in [-0.15, -0.1) is 0 Å². The van der Waals surface area contributed by atoms with Gasteiger partial charge in [0.05, 0.1) is 16.9 Å². The molecule has 0 unspecified atom stereocenters. The lowest BCUT2D eigenvalue weighted by Gasteiger charge is -2.08. The molecule has 0 saturated heterocycles. The molecule has 0 radical (unpaired) electrons. The fourth-order valence-electron chi connectivity index (χ4n) is 1.94. The van der Waals surface area contributed by atoms with Crippen LogP contribution in [0.4, 0.5) is 10.1 Å². The molecule has 0 saturated carbocycles. The quantitative estimate of drug-likeness (QED) is 0.917. The monoisotopic (exact) mass is 259 g/mol. The van der Waals surface area contributed by atoms with Gasteiger partial charge in [0.2, 0.25) is 0 Å². The van der Waals surface area contributed by atoms with Crippen molar-refractivity contribution < 1.29 is 8.91 Å². The number of hydrogen-bond acceptors (Lipinski definition) is 4. The van der Waals surface area contributed by atoms with Crippen molar-refractivity contribution in [1.82, 2.24) is 5.16 Å². The maximum atomic E-state index is 13.0. The molecule has 98 valence electrons. The van der Waals surface area contributed by atoms with E-state index in [1.807, 2.05) is 19.9 Å². The van der Waals surface area contributed by atoms with Gasteiger partial charge in [-0.2, -0.15) is 5.26 Å². The lowest BCUT2D eigenvalue weighted by Crippen LogP contribution is -2.07. The number of nitrogens with one attached hydrogen (secondary N) is 1. The van der Waals surface area contributed by atoms with Gasteiger partial charge in [0, 0.05) is 12.1 Å². The van der Waals surface area contributed by atoms with Crippen LogP contribution in [-0.4, -0.2) is 11.7 Å². The van der Waals surface area contributed by atoms with Gasteiger partial charge in [0.15, 0.2) is 0 Å². The highest BCUT2D eigenvalue weighted by atomic mass is 19.1. The molecule has 4 nitrogen and oxygen atoms in total. The van der Waals surface area contributed by atoms with E-state index in [9.17, 15) is 4.39 Å². The molecule has 1 heterocycles. The predicted molar refractivity (Wildman–Crippen MR) is 69.3 cm³/mol. The zero-order valence-electron chi connectivity index (χ0n) is 10.8. The molecular weight excluding hydrogens is 245 g/mol. The van der Waals surface area contributed by atoms with Gasteiger partial charge in [0.25, 0.3) is 0 Å². The van der Waals surface area contributed by atoms with E-state index >= 15 is 0 Å². The topological polar surface area (TPSA) is 61.9 Å². The Hall–Kier alpha value is -2.35. The molecule has 19 heavy (non-hydrogen) atoms. The molecule has 2 rings (SSSR count). The number of aryl methyl sites for hydroxylation is 2. The first-order chi connectivity index (χ1) is 9.11. The fourth-order valence-corrected chi connectivity index (χ4v) is 1.94. The van der Waals surface area contributed by atoms with Crippen LogP contribution >= 0.6 is 0 Å². The van der Waals surface area contributed by atoms with Gasteiger partial charge in [-0.3, -0.25) is 0 Å². The van der Waals surface area contributed by atoms with Crippen molar-refractivity contribution in [1.29, 1.82) is 5.26 Å². The maximum absolute atomic E-state index is 13.0. The number of aromatic nitrogens is 1. The van der Waals surface area contributed by atoms with Crippen LogP contribution in [0.3, 0.4) is 0 Å². The van der Waals surface area contributed by atoms with Crippen LogP contribution in [0.2, 0.25) is 0 Å². The van der Waals surface area contributed by atoms with Crippen LogP contribution in [0.5, 0.6) is 0 Å². The molecule has 5 heteroatoms. The molecule has 0 aliphatic rings. The summed E-state index contributed by atoms with van der Waals surface area (Å²) in [6.45, 7) is 4.39. The molecule has 0 spiro atoms. The molecule has 1 aromatic carbocycles. The number of nitriles is 1. The molecule has 0 aliphatic heterocycles. The first-order valence-corrected chi connectivity index (χ1v) is 5.97. The van der Waals surface area contributed by atoms with Crippen molar-refractivity contribution in [2.24, 2.45) is 0 Å². The van der Waals surface area contributed by atoms with Gasteiger partial charge in [-0.25, -0.2) is 4.39 Å². The van der Waals surface area contributed by atoms with Crippen LogP contribution in [-0.2, 0) is 6.42 Å². The Labute approximate surface area is 110 Å². The Morgan fingerprint density at radius 3 is 2.84 bits per heavy atom. The minimum atomic E-state index is -0.409. The molecule has 1 N–H and O–H groups in total. The molecule has 0 bridgehead atoms. The average molecular weight is 259 g/mol. The Bertz CT molecular complexity index is 609. The number of rotatable bonds is 4. The second-order valence-corrected chi connectivity index (χ2v) is 4.28. The summed E-state index contributed by atoms with van der Waals surface area (Å²) in [5.74, 6) is 0.395. The molecule has 2 aromatic rings. The lowest BCUT2D eigenvalue weighted by atomic mass is 10.1. The maximum Gasteiger partial charge on any atom is 0.137 e. The van der Waals surface area contributed by atoms with Gasteiger partial charge in [0.1, 0.15) is 17.6 Å². The van der Waals surface area contributed by atoms with E-state index in [0.29, 0.717) is 17.8 Å². The van der Waals surface area contributed by atoms with E-state index in [-0.39, 0.29) is 0 Å². The highest BCUT2D eigenvalue weighted by molar-refractivity contribution is 5.57. The van der Waals surface area contributed by atoms with Crippen molar-refractivity contribution in [2.45, 2.75) is 20.3 Å². The number of anilines is 1. The Balaban J connectivity index is 2.02. The molecule has 1 aromatic heterocycles. The zero-order chi connectivity index (χ0) is 13.8. The Morgan fingerprint density at radius 2 is 2.21 bits per heavy atom. The summed E-state index contributed by atoms with van der Waals surface area (Å²) in [4.78, 5) is 0.